The molecule has 2 heterocycles. The number of anilines is 8. The summed E-state index contributed by atoms with van der Waals surface area (Å²) in [6.07, 6.45) is 0. The Morgan fingerprint density at radius 1 is 0.357 bits per heavy atom. The minimum absolute atomic E-state index is 0.0725. The van der Waals surface area contributed by atoms with Crippen molar-refractivity contribution in [3.8, 4) is 11.5 Å². The van der Waals surface area contributed by atoms with E-state index >= 15 is 8.78 Å². The number of fused-ring (bicyclic) bond motifs is 2. The zero-order valence-electron chi connectivity index (χ0n) is 45.9. The van der Waals surface area contributed by atoms with Crippen LogP contribution in [-0.2, 0) is 80.9 Å². The number of nitrogens with zero attached hydrogens (tertiary/aromatic N) is 10. The number of hydrogen-bond donors (Lipinski definition) is 14. The summed E-state index contributed by atoms with van der Waals surface area (Å²) in [6.45, 7) is 0. The molecule has 0 saturated heterocycles. The van der Waals surface area contributed by atoms with Gasteiger partial charge in [-0.3, -0.25) is 36.4 Å². The van der Waals surface area contributed by atoms with E-state index in [9.17, 15) is 123 Å². The quantitative estimate of drug-likeness (QED) is 0.0200. The lowest BCUT2D eigenvalue weighted by Gasteiger charge is -2.15. The third-order valence-corrected chi connectivity index (χ3v) is 19.6. The zero-order chi connectivity index (χ0) is 72.9. The summed E-state index contributed by atoms with van der Waals surface area (Å²) in [5.41, 5.74) is -7.60. The molecule has 9 rings (SSSR count). The van der Waals surface area contributed by atoms with E-state index in [1.807, 2.05) is 0 Å². The Bertz CT molecular complexity index is 5700. The second-order valence-electron chi connectivity index (χ2n) is 18.8. The lowest BCUT2D eigenvalue weighted by Crippen LogP contribution is -2.11. The highest BCUT2D eigenvalue weighted by atomic mass is 35.5. The van der Waals surface area contributed by atoms with Gasteiger partial charge in [-0.15, -0.1) is 20.5 Å². The summed E-state index contributed by atoms with van der Waals surface area (Å²) in [5, 5.41) is 41.8. The summed E-state index contributed by atoms with van der Waals surface area (Å²) in [4.78, 5) is 9.36. The summed E-state index contributed by atoms with van der Waals surface area (Å²) in [6, 6.07) is 7.58. The predicted octanol–water partition coefficient (Wildman–Crippen LogP) is 7.42. The van der Waals surface area contributed by atoms with Crippen molar-refractivity contribution in [3.63, 3.8) is 0 Å². The highest BCUT2D eigenvalue weighted by molar-refractivity contribution is 7.88. The first-order valence-corrected chi connectivity index (χ1v) is 36.5. The van der Waals surface area contributed by atoms with Crippen LogP contribution in [0, 0.1) is 23.3 Å². The lowest BCUT2D eigenvalue weighted by atomic mass is 10.1. The van der Waals surface area contributed by atoms with Gasteiger partial charge >= 0.3 is 0 Å². The molecule has 9 aromatic rings. The van der Waals surface area contributed by atoms with Gasteiger partial charge in [0.05, 0.1) is 21.2 Å². The molecular formula is C44H26Cl2F4N14O26S8. The molecule has 40 nitrogen and oxygen atoms in total. The van der Waals surface area contributed by atoms with E-state index in [1.165, 1.54) is 24.3 Å². The lowest BCUT2D eigenvalue weighted by molar-refractivity contribution is 0.438. The van der Waals surface area contributed by atoms with Gasteiger partial charge in [-0.2, -0.15) is 97.2 Å². The fourth-order valence-electron chi connectivity index (χ4n) is 8.52. The number of rotatable bonds is 20. The summed E-state index contributed by atoms with van der Waals surface area (Å²) in [7, 11) is -45.9. The smallest absolute Gasteiger partial charge is 0.300 e. The second kappa shape index (κ2) is 25.5. The maximum Gasteiger partial charge on any atom is 0.300 e. The molecule has 518 valence electrons. The van der Waals surface area contributed by atoms with Crippen LogP contribution in [0.1, 0.15) is 0 Å². The van der Waals surface area contributed by atoms with Gasteiger partial charge in [-0.05, 0) is 94.6 Å². The van der Waals surface area contributed by atoms with Gasteiger partial charge in [-0.1, -0.05) is 0 Å². The summed E-state index contributed by atoms with van der Waals surface area (Å²) < 4.78 is 334. The third-order valence-electron chi connectivity index (χ3n) is 12.3. The van der Waals surface area contributed by atoms with Gasteiger partial charge in [0.15, 0.2) is 42.7 Å². The SMILES string of the molecule is O=S(=O)(O)c1cc(Nc2nc(Cl)nc(Nc3ccc(Nc4nc(Cl)nc(Nc5cc(S(=O)(=O)O)cc6cc(S(=O)(=O)O)c(N=Nc7cc(F)c(S(=O)(=O)O)c(F)c7S(=O)(=O)O)c(O)c56)n4)cc3)n2)c2c(O)c(N=Nc3cc(F)c(S(=O)(=O)O)c(F)c3S(=O)(=O)O)c(S(=O)(=O)O)cc2c1. The van der Waals surface area contributed by atoms with Crippen molar-refractivity contribution in [3.05, 3.63) is 107 Å². The molecule has 0 atom stereocenters. The molecule has 0 unspecified atom stereocenters. The number of azo groups is 2. The number of nitrogens with one attached hydrogen (secondary N) is 4. The molecule has 98 heavy (non-hydrogen) atoms. The molecule has 54 heteroatoms. The van der Waals surface area contributed by atoms with E-state index in [4.69, 9.17) is 23.2 Å². The number of benzene rings is 7. The first-order valence-electron chi connectivity index (χ1n) is 24.3. The fraction of sp³-hybridized carbons (Fsp3) is 0. The van der Waals surface area contributed by atoms with Crippen LogP contribution in [0.25, 0.3) is 21.5 Å². The van der Waals surface area contributed by atoms with Crippen LogP contribution in [0.15, 0.2) is 132 Å². The van der Waals surface area contributed by atoms with E-state index < -0.39 is 245 Å². The number of phenols is 2. The Balaban J connectivity index is 1.04. The molecular weight excluding hydrogens is 1540 g/mol. The number of hydrogen-bond acceptors (Lipinski definition) is 32. The van der Waals surface area contributed by atoms with Gasteiger partial charge in [0.1, 0.15) is 44.2 Å². The van der Waals surface area contributed by atoms with Crippen molar-refractivity contribution < 1.29 is 132 Å². The Morgan fingerprint density at radius 2 is 0.653 bits per heavy atom. The number of halogens is 6. The molecule has 14 N–H and O–H groups in total. The van der Waals surface area contributed by atoms with Crippen molar-refractivity contribution in [2.24, 2.45) is 20.5 Å². The molecule has 0 spiro atoms. The molecule has 0 aliphatic heterocycles. The molecule has 0 amide bonds. The Kier molecular flexibility index (Phi) is 19.0. The maximum absolute atomic E-state index is 15.2. The fourth-order valence-corrected chi connectivity index (χ4v) is 14.0. The Morgan fingerprint density at radius 3 is 0.929 bits per heavy atom. The van der Waals surface area contributed by atoms with Gasteiger partial charge in [-0.25, -0.2) is 17.6 Å². The van der Waals surface area contributed by atoms with E-state index in [0.717, 1.165) is 0 Å². The maximum atomic E-state index is 15.2. The monoisotopic (exact) mass is 1570 g/mol. The van der Waals surface area contributed by atoms with Gasteiger partial charge in [0.2, 0.25) is 34.4 Å². The minimum Gasteiger partial charge on any atom is -0.505 e. The van der Waals surface area contributed by atoms with Crippen LogP contribution in [0.4, 0.5) is 86.9 Å². The average Bonchev–Trinajstić information content (AvgIpc) is 0.759. The first kappa shape index (κ1) is 72.9. The van der Waals surface area contributed by atoms with Crippen molar-refractivity contribution in [2.45, 2.75) is 39.2 Å². The minimum atomic E-state index is -6.01. The van der Waals surface area contributed by atoms with E-state index in [0.29, 0.717) is 36.4 Å². The van der Waals surface area contributed by atoms with Crippen LogP contribution in [0.2, 0.25) is 10.6 Å². The standard InChI is InChI=1S/C44H26Cl2F4N14O26S8/c45-39-55-41(59-43(57-39)53-21-9-17(91(67,68)69)5-13-7-25(93(73,74)75)31(33(65)27(13)21)63-61-23-11-19(47)35(95(79,80)81)29(49)37(23)97(85,86)87)51-15-1-2-16(4-3-15)52-42-56-40(46)58-44(60-42)54-22-10-18(92(70,71)72)6-14-8-26(94(76,77)78)32(34(66)28(14)22)64-62-24-12-20(48)36(96(82,83)84)30(50)38(24)98(88,89)90/h1-12,65-66H,(H,67,68,69)(H,70,71,72)(H,73,74,75)(H,76,77,78)(H,79,80,81)(H,82,83,84)(H,85,86,87)(H,88,89,90)(H2,51,53,55,57,59)(H2,52,54,56,58,60). The van der Waals surface area contributed by atoms with Crippen LogP contribution >= 0.6 is 23.2 Å². The Hall–Kier alpha value is -9.34. The predicted molar refractivity (Wildman–Crippen MR) is 320 cm³/mol. The summed E-state index contributed by atoms with van der Waals surface area (Å²) >= 11 is 12.4. The van der Waals surface area contributed by atoms with E-state index in [-0.39, 0.29) is 23.5 Å². The third kappa shape index (κ3) is 15.5. The molecule has 0 saturated carbocycles. The highest BCUT2D eigenvalue weighted by Gasteiger charge is 2.36. The van der Waals surface area contributed by atoms with Crippen molar-refractivity contribution >= 4 is 195 Å². The average molecular weight is 1570 g/mol. The first-order chi connectivity index (χ1) is 44.9. The van der Waals surface area contributed by atoms with Gasteiger partial charge < -0.3 is 31.5 Å². The highest BCUT2D eigenvalue weighted by Crippen LogP contribution is 2.49. The second-order valence-corrected chi connectivity index (χ2v) is 30.5. The van der Waals surface area contributed by atoms with Gasteiger partial charge in [0, 0.05) is 34.3 Å². The van der Waals surface area contributed by atoms with Crippen LogP contribution in [0.5, 0.6) is 11.5 Å². The normalized spacial score (nSPS) is 13.0. The van der Waals surface area contributed by atoms with Crippen molar-refractivity contribution in [1.29, 1.82) is 0 Å². The summed E-state index contributed by atoms with van der Waals surface area (Å²) in [5.74, 6) is -15.2. The van der Waals surface area contributed by atoms with Crippen LogP contribution < -0.4 is 21.3 Å². The molecule has 0 radical (unpaired) electrons. The molecule has 0 fully saturated rings. The largest absolute Gasteiger partial charge is 0.505 e. The number of aromatic nitrogens is 6. The van der Waals surface area contributed by atoms with Crippen molar-refractivity contribution in [1.82, 2.24) is 29.9 Å². The van der Waals surface area contributed by atoms with E-state index in [2.05, 4.69) is 71.6 Å². The van der Waals surface area contributed by atoms with Crippen LogP contribution in [0.3, 0.4) is 0 Å². The zero-order valence-corrected chi connectivity index (χ0v) is 54.0. The van der Waals surface area contributed by atoms with Gasteiger partial charge in [0.25, 0.3) is 80.9 Å². The molecule has 0 aliphatic rings. The Labute approximate surface area is 551 Å². The molecule has 0 bridgehead atoms. The number of phenolic OH excluding ortho intramolecular Hbond substituents is 2. The van der Waals surface area contributed by atoms with Crippen LogP contribution in [-0.4, -0.2) is 144 Å². The van der Waals surface area contributed by atoms with E-state index in [1.54, 1.807) is 0 Å². The molecule has 2 aromatic heterocycles. The molecule has 0 aliphatic carbocycles. The molecule has 7 aromatic carbocycles. The van der Waals surface area contributed by atoms with Crippen molar-refractivity contribution in [2.75, 3.05) is 21.3 Å². The number of aromatic hydroxyl groups is 2. The topological polar surface area (TPSA) is 650 Å².